The van der Waals surface area contributed by atoms with E-state index in [4.69, 9.17) is 0 Å². The number of hydrogen-bond acceptors (Lipinski definition) is 4. The molecule has 66 valence electrons. The van der Waals surface area contributed by atoms with Crippen LogP contribution in [0.1, 0.15) is 0 Å². The SMILES string of the molecule is CNNCCNc1ccccn1. The molecule has 0 saturated heterocycles. The van der Waals surface area contributed by atoms with Crippen molar-refractivity contribution in [3.63, 3.8) is 0 Å². The lowest BCUT2D eigenvalue weighted by molar-refractivity contribution is 0.611. The fourth-order valence-electron chi connectivity index (χ4n) is 0.845. The Hall–Kier alpha value is -1.13. The predicted molar refractivity (Wildman–Crippen MR) is 49.8 cm³/mol. The number of hydrazine groups is 1. The van der Waals surface area contributed by atoms with Gasteiger partial charge in [-0.3, -0.25) is 10.9 Å². The van der Waals surface area contributed by atoms with Gasteiger partial charge >= 0.3 is 0 Å². The molecule has 0 bridgehead atoms. The second kappa shape index (κ2) is 5.51. The quantitative estimate of drug-likeness (QED) is 0.432. The van der Waals surface area contributed by atoms with Gasteiger partial charge in [-0.25, -0.2) is 4.98 Å². The van der Waals surface area contributed by atoms with Crippen molar-refractivity contribution in [3.05, 3.63) is 24.4 Å². The Kier molecular flexibility index (Phi) is 4.12. The lowest BCUT2D eigenvalue weighted by atomic mass is 10.4. The molecule has 0 amide bonds. The molecule has 4 nitrogen and oxygen atoms in total. The molecule has 0 aromatic carbocycles. The Balaban J connectivity index is 2.16. The molecule has 0 saturated carbocycles. The number of rotatable bonds is 5. The van der Waals surface area contributed by atoms with E-state index in [2.05, 4.69) is 21.2 Å². The summed E-state index contributed by atoms with van der Waals surface area (Å²) in [6.07, 6.45) is 1.77. The Labute approximate surface area is 72.4 Å². The van der Waals surface area contributed by atoms with Crippen LogP contribution in [0.15, 0.2) is 24.4 Å². The van der Waals surface area contributed by atoms with E-state index in [0.29, 0.717) is 0 Å². The van der Waals surface area contributed by atoms with E-state index < -0.39 is 0 Å². The molecule has 1 heterocycles. The Bertz CT molecular complexity index is 199. The van der Waals surface area contributed by atoms with E-state index >= 15 is 0 Å². The molecule has 0 atom stereocenters. The van der Waals surface area contributed by atoms with Crippen LogP contribution in [0.25, 0.3) is 0 Å². The van der Waals surface area contributed by atoms with E-state index in [-0.39, 0.29) is 0 Å². The number of nitrogens with one attached hydrogen (secondary N) is 3. The maximum atomic E-state index is 4.12. The molecule has 1 rings (SSSR count). The van der Waals surface area contributed by atoms with Crippen LogP contribution in [0.3, 0.4) is 0 Å². The summed E-state index contributed by atoms with van der Waals surface area (Å²) in [5.41, 5.74) is 5.82. The number of nitrogens with zero attached hydrogens (tertiary/aromatic N) is 1. The lowest BCUT2D eigenvalue weighted by Crippen LogP contribution is -2.32. The van der Waals surface area contributed by atoms with Crippen LogP contribution in [-0.4, -0.2) is 25.1 Å². The van der Waals surface area contributed by atoms with Gasteiger partial charge < -0.3 is 5.32 Å². The molecular weight excluding hydrogens is 152 g/mol. The van der Waals surface area contributed by atoms with E-state index in [9.17, 15) is 0 Å². The van der Waals surface area contributed by atoms with Gasteiger partial charge in [0, 0.05) is 19.3 Å². The van der Waals surface area contributed by atoms with Gasteiger partial charge in [0.05, 0.1) is 0 Å². The summed E-state index contributed by atoms with van der Waals surface area (Å²) in [7, 11) is 1.85. The highest BCUT2D eigenvalue weighted by molar-refractivity contribution is 5.32. The standard InChI is InChI=1S/C8H14N4/c1-9-12-7-6-11-8-4-2-3-5-10-8/h2-5,9,12H,6-7H2,1H3,(H,10,11). The Morgan fingerprint density at radius 3 is 2.92 bits per heavy atom. The van der Waals surface area contributed by atoms with Crippen molar-refractivity contribution in [3.8, 4) is 0 Å². The van der Waals surface area contributed by atoms with Crippen molar-refractivity contribution in [2.75, 3.05) is 25.5 Å². The summed E-state index contributed by atoms with van der Waals surface area (Å²) in [5, 5.41) is 3.17. The summed E-state index contributed by atoms with van der Waals surface area (Å²) >= 11 is 0. The molecular formula is C8H14N4. The first-order valence-electron chi connectivity index (χ1n) is 3.98. The van der Waals surface area contributed by atoms with Crippen LogP contribution >= 0.6 is 0 Å². The molecule has 4 heteroatoms. The lowest BCUT2D eigenvalue weighted by Gasteiger charge is -2.04. The van der Waals surface area contributed by atoms with Crippen LogP contribution in [-0.2, 0) is 0 Å². The van der Waals surface area contributed by atoms with Gasteiger partial charge in [-0.05, 0) is 19.2 Å². The Morgan fingerprint density at radius 2 is 2.25 bits per heavy atom. The highest BCUT2D eigenvalue weighted by Gasteiger charge is 1.88. The van der Waals surface area contributed by atoms with Gasteiger partial charge in [0.1, 0.15) is 5.82 Å². The smallest absolute Gasteiger partial charge is 0.125 e. The van der Waals surface area contributed by atoms with Gasteiger partial charge in [0.25, 0.3) is 0 Å². The number of hydrogen-bond donors (Lipinski definition) is 3. The van der Waals surface area contributed by atoms with Gasteiger partial charge in [0.15, 0.2) is 0 Å². The van der Waals surface area contributed by atoms with E-state index in [1.165, 1.54) is 0 Å². The fraction of sp³-hybridized carbons (Fsp3) is 0.375. The van der Waals surface area contributed by atoms with Crippen LogP contribution < -0.4 is 16.2 Å². The average Bonchev–Trinajstić information content (AvgIpc) is 2.14. The summed E-state index contributed by atoms with van der Waals surface area (Å²) in [4.78, 5) is 4.12. The minimum absolute atomic E-state index is 0.859. The maximum Gasteiger partial charge on any atom is 0.125 e. The van der Waals surface area contributed by atoms with Gasteiger partial charge in [-0.15, -0.1) is 0 Å². The Morgan fingerprint density at radius 1 is 1.33 bits per heavy atom. The first kappa shape index (κ1) is 8.96. The number of pyridine rings is 1. The number of anilines is 1. The largest absolute Gasteiger partial charge is 0.369 e. The van der Waals surface area contributed by atoms with Crippen LogP contribution in [0, 0.1) is 0 Å². The topological polar surface area (TPSA) is 49.0 Å². The molecule has 0 radical (unpaired) electrons. The second-order valence-corrected chi connectivity index (χ2v) is 2.32. The third-order valence-electron chi connectivity index (χ3n) is 1.40. The van der Waals surface area contributed by atoms with E-state index in [1.807, 2.05) is 25.2 Å². The molecule has 0 aliphatic carbocycles. The number of aromatic nitrogens is 1. The monoisotopic (exact) mass is 166 g/mol. The van der Waals surface area contributed by atoms with Gasteiger partial charge in [-0.1, -0.05) is 6.07 Å². The zero-order valence-electron chi connectivity index (χ0n) is 7.17. The molecule has 12 heavy (non-hydrogen) atoms. The van der Waals surface area contributed by atoms with Crippen molar-refractivity contribution in [1.82, 2.24) is 15.8 Å². The average molecular weight is 166 g/mol. The van der Waals surface area contributed by atoms with Crippen LogP contribution in [0.5, 0.6) is 0 Å². The van der Waals surface area contributed by atoms with E-state index in [1.54, 1.807) is 6.20 Å². The maximum absolute atomic E-state index is 4.12. The molecule has 0 fully saturated rings. The zero-order chi connectivity index (χ0) is 8.65. The third-order valence-corrected chi connectivity index (χ3v) is 1.40. The van der Waals surface area contributed by atoms with Gasteiger partial charge in [0.2, 0.25) is 0 Å². The van der Waals surface area contributed by atoms with Crippen molar-refractivity contribution >= 4 is 5.82 Å². The van der Waals surface area contributed by atoms with Crippen molar-refractivity contribution in [1.29, 1.82) is 0 Å². The highest BCUT2D eigenvalue weighted by Crippen LogP contribution is 1.97. The molecule has 1 aromatic rings. The summed E-state index contributed by atoms with van der Waals surface area (Å²) in [5.74, 6) is 0.912. The predicted octanol–water partition coefficient (Wildman–Crippen LogP) is 0.217. The highest BCUT2D eigenvalue weighted by atomic mass is 15.3. The minimum atomic E-state index is 0.859. The van der Waals surface area contributed by atoms with Crippen molar-refractivity contribution in [2.24, 2.45) is 0 Å². The first-order chi connectivity index (χ1) is 5.93. The molecule has 0 aliphatic rings. The normalized spacial score (nSPS) is 9.75. The van der Waals surface area contributed by atoms with Crippen LogP contribution in [0.4, 0.5) is 5.82 Å². The molecule has 3 N–H and O–H groups in total. The second-order valence-electron chi connectivity index (χ2n) is 2.32. The summed E-state index contributed by atoms with van der Waals surface area (Å²) in [6.45, 7) is 1.73. The van der Waals surface area contributed by atoms with Crippen molar-refractivity contribution in [2.45, 2.75) is 0 Å². The minimum Gasteiger partial charge on any atom is -0.369 e. The molecule has 0 spiro atoms. The van der Waals surface area contributed by atoms with Gasteiger partial charge in [-0.2, -0.15) is 0 Å². The molecule has 0 unspecified atom stereocenters. The van der Waals surface area contributed by atoms with Crippen molar-refractivity contribution < 1.29 is 0 Å². The fourth-order valence-corrected chi connectivity index (χ4v) is 0.845. The van der Waals surface area contributed by atoms with Crippen LogP contribution in [0.2, 0.25) is 0 Å². The molecule has 1 aromatic heterocycles. The molecule has 0 aliphatic heterocycles. The summed E-state index contributed by atoms with van der Waals surface area (Å²) < 4.78 is 0. The first-order valence-corrected chi connectivity index (χ1v) is 3.98. The van der Waals surface area contributed by atoms with E-state index in [0.717, 1.165) is 18.9 Å². The zero-order valence-corrected chi connectivity index (χ0v) is 7.17. The summed E-state index contributed by atoms with van der Waals surface area (Å²) in [6, 6.07) is 5.80. The third kappa shape index (κ3) is 3.32.